The third-order valence-electron chi connectivity index (χ3n) is 7.23. The van der Waals surface area contributed by atoms with Crippen molar-refractivity contribution < 1.29 is 19.1 Å². The van der Waals surface area contributed by atoms with Crippen molar-refractivity contribution in [1.82, 2.24) is 5.32 Å². The van der Waals surface area contributed by atoms with Crippen molar-refractivity contribution in [2.24, 2.45) is 0 Å². The first-order valence-electron chi connectivity index (χ1n) is 12.8. The molecular weight excluding hydrogens is 474 g/mol. The van der Waals surface area contributed by atoms with Crippen LogP contribution in [0.3, 0.4) is 0 Å². The summed E-state index contributed by atoms with van der Waals surface area (Å²) in [4.78, 5) is 26.7. The third kappa shape index (κ3) is 3.97. The molecule has 0 spiro atoms. The quantitative estimate of drug-likeness (QED) is 0.304. The van der Waals surface area contributed by atoms with Crippen molar-refractivity contribution in [3.05, 3.63) is 130 Å². The first-order chi connectivity index (χ1) is 18.6. The topological polar surface area (TPSA) is 64.6 Å². The SMILES string of the molecule is CCOC(=O)C1=C(C)NC2=C(C(=O)c3ccccc32)[C@H]1c1ccc(OCc2cccc3ccccc23)cc1. The van der Waals surface area contributed by atoms with Gasteiger partial charge in [-0.2, -0.15) is 0 Å². The van der Waals surface area contributed by atoms with Crippen LogP contribution in [0.2, 0.25) is 0 Å². The molecule has 0 radical (unpaired) electrons. The van der Waals surface area contributed by atoms with Crippen LogP contribution in [0.25, 0.3) is 16.5 Å². The molecule has 5 nitrogen and oxygen atoms in total. The lowest BCUT2D eigenvalue weighted by molar-refractivity contribution is -0.138. The Morgan fingerprint density at radius 1 is 0.868 bits per heavy atom. The molecule has 0 bridgehead atoms. The fourth-order valence-corrected chi connectivity index (χ4v) is 5.48. The molecule has 38 heavy (non-hydrogen) atoms. The molecule has 0 saturated heterocycles. The van der Waals surface area contributed by atoms with Gasteiger partial charge in [0.05, 0.1) is 17.9 Å². The molecule has 0 unspecified atom stereocenters. The molecule has 0 fully saturated rings. The zero-order chi connectivity index (χ0) is 26.2. The number of allylic oxidation sites excluding steroid dienone is 2. The molecule has 1 aliphatic carbocycles. The van der Waals surface area contributed by atoms with Crippen molar-refractivity contribution in [3.8, 4) is 5.75 Å². The number of hydrogen-bond donors (Lipinski definition) is 1. The number of fused-ring (bicyclic) bond motifs is 3. The van der Waals surface area contributed by atoms with Gasteiger partial charge in [0.1, 0.15) is 12.4 Å². The molecule has 0 amide bonds. The van der Waals surface area contributed by atoms with Crippen LogP contribution in [0.15, 0.2) is 108 Å². The Bertz CT molecular complexity index is 1640. The normalized spacial score (nSPS) is 16.3. The Labute approximate surface area is 221 Å². The largest absolute Gasteiger partial charge is 0.489 e. The summed E-state index contributed by atoms with van der Waals surface area (Å²) in [6, 6.07) is 29.7. The van der Waals surface area contributed by atoms with E-state index in [1.807, 2.05) is 73.7 Å². The number of hydrogen-bond acceptors (Lipinski definition) is 5. The average Bonchev–Trinajstić information content (AvgIpc) is 3.23. The Kier molecular flexibility index (Phi) is 6.04. The summed E-state index contributed by atoms with van der Waals surface area (Å²) in [6.45, 7) is 4.33. The molecule has 1 N–H and O–H groups in total. The van der Waals surface area contributed by atoms with Crippen molar-refractivity contribution in [1.29, 1.82) is 0 Å². The van der Waals surface area contributed by atoms with Crippen molar-refractivity contribution in [2.75, 3.05) is 6.61 Å². The summed E-state index contributed by atoms with van der Waals surface area (Å²) in [5.41, 5.74) is 5.92. The van der Waals surface area contributed by atoms with Crippen LogP contribution < -0.4 is 10.1 Å². The van der Waals surface area contributed by atoms with Gasteiger partial charge in [-0.3, -0.25) is 4.79 Å². The predicted molar refractivity (Wildman–Crippen MR) is 148 cm³/mol. The van der Waals surface area contributed by atoms with Crippen LogP contribution in [-0.2, 0) is 16.1 Å². The standard InChI is InChI=1S/C33H27NO4/c1-3-37-33(36)28-20(2)34-31-26-13-6-7-14-27(26)32(35)30(31)29(28)22-15-17-24(18-16-22)38-19-23-11-8-10-21-9-4-5-12-25(21)23/h4-18,29,34H,3,19H2,1-2H3/t29-/m0/s1. The number of Topliss-reactive ketones (excluding diaryl/α,β-unsaturated/α-hetero) is 1. The van der Waals surface area contributed by atoms with Gasteiger partial charge in [0.25, 0.3) is 0 Å². The number of benzene rings is 4. The summed E-state index contributed by atoms with van der Waals surface area (Å²) in [6.07, 6.45) is 0. The summed E-state index contributed by atoms with van der Waals surface area (Å²) in [7, 11) is 0. The van der Waals surface area contributed by atoms with E-state index in [0.717, 1.165) is 22.4 Å². The molecule has 188 valence electrons. The number of dihydropyridines is 1. The van der Waals surface area contributed by atoms with E-state index in [0.29, 0.717) is 34.8 Å². The van der Waals surface area contributed by atoms with Crippen molar-refractivity contribution >= 4 is 28.2 Å². The Balaban J connectivity index is 1.33. The lowest BCUT2D eigenvalue weighted by Crippen LogP contribution is -2.29. The van der Waals surface area contributed by atoms with Gasteiger partial charge in [-0.1, -0.05) is 78.9 Å². The van der Waals surface area contributed by atoms with Gasteiger partial charge in [0.2, 0.25) is 0 Å². The Morgan fingerprint density at radius 2 is 1.58 bits per heavy atom. The zero-order valence-electron chi connectivity index (χ0n) is 21.3. The van der Waals surface area contributed by atoms with Crippen LogP contribution >= 0.6 is 0 Å². The molecule has 0 aromatic heterocycles. The first-order valence-corrected chi connectivity index (χ1v) is 12.8. The van der Waals surface area contributed by atoms with Gasteiger partial charge in [0.15, 0.2) is 5.78 Å². The molecule has 1 atom stereocenters. The highest BCUT2D eigenvalue weighted by molar-refractivity contribution is 6.23. The van der Waals surface area contributed by atoms with Gasteiger partial charge >= 0.3 is 5.97 Å². The first kappa shape index (κ1) is 23.7. The molecule has 6 rings (SSSR count). The fourth-order valence-electron chi connectivity index (χ4n) is 5.48. The van der Waals surface area contributed by atoms with Gasteiger partial charge in [-0.25, -0.2) is 4.79 Å². The Hall–Kier alpha value is -4.64. The molecule has 5 heteroatoms. The molecule has 2 aliphatic rings. The maximum Gasteiger partial charge on any atom is 0.336 e. The highest BCUT2D eigenvalue weighted by Gasteiger charge is 2.42. The minimum atomic E-state index is -0.544. The molecule has 4 aromatic rings. The van der Waals surface area contributed by atoms with E-state index in [4.69, 9.17) is 9.47 Å². The summed E-state index contributed by atoms with van der Waals surface area (Å²) < 4.78 is 11.6. The van der Waals surface area contributed by atoms with Crippen LogP contribution in [0.1, 0.15) is 46.8 Å². The summed E-state index contributed by atoms with van der Waals surface area (Å²) >= 11 is 0. The molecule has 1 heterocycles. The third-order valence-corrected chi connectivity index (χ3v) is 7.23. The monoisotopic (exact) mass is 501 g/mol. The second-order valence-corrected chi connectivity index (χ2v) is 9.48. The lowest BCUT2D eigenvalue weighted by atomic mass is 9.80. The minimum Gasteiger partial charge on any atom is -0.489 e. The number of ketones is 1. The number of rotatable bonds is 6. The second-order valence-electron chi connectivity index (χ2n) is 9.48. The molecule has 1 aliphatic heterocycles. The maximum atomic E-state index is 13.6. The average molecular weight is 502 g/mol. The summed E-state index contributed by atoms with van der Waals surface area (Å²) in [5.74, 6) is -0.325. The van der Waals surface area contributed by atoms with Crippen molar-refractivity contribution in [3.63, 3.8) is 0 Å². The van der Waals surface area contributed by atoms with E-state index in [1.165, 1.54) is 10.8 Å². The Morgan fingerprint density at radius 3 is 2.37 bits per heavy atom. The number of esters is 1. The highest BCUT2D eigenvalue weighted by atomic mass is 16.5. The van der Waals surface area contributed by atoms with E-state index >= 15 is 0 Å². The number of carbonyl (C=O) groups excluding carboxylic acids is 2. The van der Waals surface area contributed by atoms with Crippen LogP contribution in [0.5, 0.6) is 5.75 Å². The van der Waals surface area contributed by atoms with Crippen LogP contribution in [0, 0.1) is 0 Å². The van der Waals surface area contributed by atoms with E-state index < -0.39 is 11.9 Å². The van der Waals surface area contributed by atoms with E-state index in [-0.39, 0.29) is 12.4 Å². The smallest absolute Gasteiger partial charge is 0.336 e. The van der Waals surface area contributed by atoms with Gasteiger partial charge in [-0.05, 0) is 47.9 Å². The minimum absolute atomic E-state index is 0.0707. The van der Waals surface area contributed by atoms with Gasteiger partial charge in [0, 0.05) is 28.3 Å². The number of carbonyl (C=O) groups is 2. The number of nitrogens with one attached hydrogen (secondary N) is 1. The van der Waals surface area contributed by atoms with E-state index in [2.05, 4.69) is 29.6 Å². The zero-order valence-corrected chi connectivity index (χ0v) is 21.3. The molecular formula is C33H27NO4. The molecule has 4 aromatic carbocycles. The predicted octanol–water partition coefficient (Wildman–Crippen LogP) is 6.55. The molecule has 0 saturated carbocycles. The van der Waals surface area contributed by atoms with E-state index in [1.54, 1.807) is 6.92 Å². The van der Waals surface area contributed by atoms with E-state index in [9.17, 15) is 9.59 Å². The van der Waals surface area contributed by atoms with Crippen molar-refractivity contribution in [2.45, 2.75) is 26.4 Å². The fraction of sp³-hybridized carbons (Fsp3) is 0.152. The van der Waals surface area contributed by atoms with Crippen LogP contribution in [0.4, 0.5) is 0 Å². The lowest BCUT2D eigenvalue weighted by Gasteiger charge is -2.29. The highest BCUT2D eigenvalue weighted by Crippen LogP contribution is 2.46. The maximum absolute atomic E-state index is 13.6. The summed E-state index contributed by atoms with van der Waals surface area (Å²) in [5, 5.41) is 5.67. The van der Waals surface area contributed by atoms with Gasteiger partial charge in [-0.15, -0.1) is 0 Å². The van der Waals surface area contributed by atoms with Gasteiger partial charge < -0.3 is 14.8 Å². The second kappa shape index (κ2) is 9.67. The number of ether oxygens (including phenoxy) is 2. The van der Waals surface area contributed by atoms with Crippen LogP contribution in [-0.4, -0.2) is 18.4 Å².